The lowest BCUT2D eigenvalue weighted by Crippen LogP contribution is -2.17. The smallest absolute Gasteiger partial charge is 0.258 e. The van der Waals surface area contributed by atoms with Gasteiger partial charge in [-0.25, -0.2) is 0 Å². The van der Waals surface area contributed by atoms with Crippen LogP contribution in [0.1, 0.15) is 5.56 Å². The van der Waals surface area contributed by atoms with E-state index >= 15 is 0 Å². The molecule has 0 fully saturated rings. The summed E-state index contributed by atoms with van der Waals surface area (Å²) in [6.07, 6.45) is 0. The van der Waals surface area contributed by atoms with Crippen LogP contribution in [0.4, 0.5) is 0 Å². The highest BCUT2D eigenvalue weighted by Gasteiger charge is 2.19. The van der Waals surface area contributed by atoms with E-state index in [-0.39, 0.29) is 12.4 Å². The molecule has 0 amide bonds. The lowest BCUT2D eigenvalue weighted by molar-refractivity contribution is 0.174. The minimum atomic E-state index is -0.102. The van der Waals surface area contributed by atoms with Gasteiger partial charge in [-0.05, 0) is 35.2 Å². The van der Waals surface area contributed by atoms with E-state index in [1.807, 2.05) is 60.7 Å². The van der Waals surface area contributed by atoms with Gasteiger partial charge in [0.1, 0.15) is 6.61 Å². The molecule has 1 aliphatic rings. The molecular formula is C27H21NO5. The number of ether oxygens (including phenoxy) is 4. The van der Waals surface area contributed by atoms with Crippen molar-refractivity contribution in [2.24, 2.45) is 7.05 Å². The van der Waals surface area contributed by atoms with Crippen LogP contribution in [-0.2, 0) is 13.7 Å². The first-order valence-electron chi connectivity index (χ1n) is 10.7. The number of hydrogen-bond donors (Lipinski definition) is 0. The summed E-state index contributed by atoms with van der Waals surface area (Å²) >= 11 is 0. The normalized spacial score (nSPS) is 12.5. The summed E-state index contributed by atoms with van der Waals surface area (Å²) in [6.45, 7) is 0.586. The Morgan fingerprint density at radius 1 is 0.848 bits per heavy atom. The number of methoxy groups -OCH3 is 1. The molecule has 6 nitrogen and oxygen atoms in total. The Labute approximate surface area is 189 Å². The molecule has 0 unspecified atom stereocenters. The van der Waals surface area contributed by atoms with Gasteiger partial charge in [-0.3, -0.25) is 4.79 Å². The van der Waals surface area contributed by atoms with Crippen molar-refractivity contribution in [3.8, 4) is 23.0 Å². The third-order valence-corrected chi connectivity index (χ3v) is 6.19. The number of rotatable bonds is 4. The number of hydrogen-bond acceptors (Lipinski definition) is 5. The monoisotopic (exact) mass is 439 g/mol. The van der Waals surface area contributed by atoms with E-state index in [0.29, 0.717) is 29.2 Å². The molecule has 0 saturated heterocycles. The number of pyridine rings is 1. The van der Waals surface area contributed by atoms with E-state index < -0.39 is 0 Å². The molecule has 164 valence electrons. The molecule has 2 heterocycles. The summed E-state index contributed by atoms with van der Waals surface area (Å²) < 4.78 is 24.5. The van der Waals surface area contributed by atoms with Crippen molar-refractivity contribution < 1.29 is 18.9 Å². The van der Waals surface area contributed by atoms with Crippen LogP contribution in [0.15, 0.2) is 71.5 Å². The van der Waals surface area contributed by atoms with E-state index in [2.05, 4.69) is 0 Å². The quantitative estimate of drug-likeness (QED) is 0.362. The summed E-state index contributed by atoms with van der Waals surface area (Å²) in [5.74, 6) is 2.52. The van der Waals surface area contributed by atoms with E-state index in [0.717, 1.165) is 38.4 Å². The van der Waals surface area contributed by atoms with Crippen molar-refractivity contribution in [1.82, 2.24) is 4.57 Å². The molecule has 0 aliphatic carbocycles. The van der Waals surface area contributed by atoms with Crippen LogP contribution in [0.2, 0.25) is 0 Å². The number of nitrogens with zero attached hydrogens (tertiary/aromatic N) is 1. The van der Waals surface area contributed by atoms with Crippen LogP contribution in [0.3, 0.4) is 0 Å². The fourth-order valence-electron chi connectivity index (χ4n) is 4.53. The highest BCUT2D eigenvalue weighted by molar-refractivity contribution is 6.16. The van der Waals surface area contributed by atoms with Crippen molar-refractivity contribution >= 4 is 32.4 Å². The minimum Gasteiger partial charge on any atom is -0.493 e. The Kier molecular flexibility index (Phi) is 4.40. The lowest BCUT2D eigenvalue weighted by Gasteiger charge is -2.16. The summed E-state index contributed by atoms with van der Waals surface area (Å²) in [5.41, 5.74) is 1.77. The van der Waals surface area contributed by atoms with Gasteiger partial charge >= 0.3 is 0 Å². The number of aromatic nitrogens is 1. The van der Waals surface area contributed by atoms with Crippen molar-refractivity contribution in [2.75, 3.05) is 13.9 Å². The standard InChI is InChI=1S/C27H21NO5/c1-28-26-18(9-8-17-10-23-25(11-19(17)26)33-15-32-23)20-12-22(30-2)24(13-21(20)27(28)29)31-14-16-6-4-3-5-7-16/h3-13H,14-15H2,1-2H3. The maximum Gasteiger partial charge on any atom is 0.258 e. The SMILES string of the molecule is COc1cc2c(cc1OCc1ccccc1)c(=O)n(C)c1c3cc4c(cc3ccc21)OCO4. The van der Waals surface area contributed by atoms with Gasteiger partial charge in [0.25, 0.3) is 5.56 Å². The molecule has 0 radical (unpaired) electrons. The van der Waals surface area contributed by atoms with Gasteiger partial charge in [0, 0.05) is 23.2 Å². The molecule has 1 aromatic heterocycles. The van der Waals surface area contributed by atoms with E-state index in [1.165, 1.54) is 0 Å². The molecule has 0 N–H and O–H groups in total. The van der Waals surface area contributed by atoms with Crippen molar-refractivity contribution in [3.63, 3.8) is 0 Å². The maximum atomic E-state index is 13.5. The second kappa shape index (κ2) is 7.45. The summed E-state index contributed by atoms with van der Waals surface area (Å²) in [7, 11) is 3.40. The zero-order chi connectivity index (χ0) is 22.5. The zero-order valence-electron chi connectivity index (χ0n) is 18.3. The number of benzene rings is 4. The highest BCUT2D eigenvalue weighted by Crippen LogP contribution is 2.40. The van der Waals surface area contributed by atoms with E-state index in [1.54, 1.807) is 24.8 Å². The fraction of sp³-hybridized carbons (Fsp3) is 0.148. The van der Waals surface area contributed by atoms with Gasteiger partial charge in [0.2, 0.25) is 6.79 Å². The second-order valence-corrected chi connectivity index (χ2v) is 8.08. The van der Waals surface area contributed by atoms with Crippen LogP contribution >= 0.6 is 0 Å². The first-order chi connectivity index (χ1) is 16.1. The van der Waals surface area contributed by atoms with Gasteiger partial charge in [0.15, 0.2) is 23.0 Å². The van der Waals surface area contributed by atoms with E-state index in [9.17, 15) is 4.79 Å². The van der Waals surface area contributed by atoms with Gasteiger partial charge in [-0.15, -0.1) is 0 Å². The zero-order valence-corrected chi connectivity index (χ0v) is 18.3. The van der Waals surface area contributed by atoms with Gasteiger partial charge < -0.3 is 23.5 Å². The molecule has 6 rings (SSSR count). The van der Waals surface area contributed by atoms with Gasteiger partial charge in [0.05, 0.1) is 18.0 Å². The molecular weight excluding hydrogens is 418 g/mol. The van der Waals surface area contributed by atoms with Crippen molar-refractivity contribution in [2.45, 2.75) is 6.61 Å². The molecule has 0 spiro atoms. The Hall–Kier alpha value is -4.19. The molecule has 0 bridgehead atoms. The van der Waals surface area contributed by atoms with Gasteiger partial charge in [-0.2, -0.15) is 0 Å². The van der Waals surface area contributed by atoms with E-state index in [4.69, 9.17) is 18.9 Å². The van der Waals surface area contributed by atoms with Crippen LogP contribution in [0.25, 0.3) is 32.4 Å². The molecule has 5 aromatic rings. The number of fused-ring (bicyclic) bond motifs is 6. The van der Waals surface area contributed by atoms with Crippen LogP contribution in [0.5, 0.6) is 23.0 Å². The second-order valence-electron chi connectivity index (χ2n) is 8.08. The Balaban J connectivity index is 1.58. The first kappa shape index (κ1) is 19.5. The summed E-state index contributed by atoms with van der Waals surface area (Å²) in [6, 6.07) is 21.5. The molecule has 0 saturated carbocycles. The molecule has 6 heteroatoms. The molecule has 33 heavy (non-hydrogen) atoms. The topological polar surface area (TPSA) is 58.9 Å². The van der Waals surface area contributed by atoms with Crippen LogP contribution in [0, 0.1) is 0 Å². The Bertz CT molecular complexity index is 1600. The average Bonchev–Trinajstić information content (AvgIpc) is 3.31. The predicted molar refractivity (Wildman–Crippen MR) is 128 cm³/mol. The third-order valence-electron chi connectivity index (χ3n) is 6.19. The molecule has 0 atom stereocenters. The molecule has 4 aromatic carbocycles. The fourth-order valence-corrected chi connectivity index (χ4v) is 4.53. The summed E-state index contributed by atoms with van der Waals surface area (Å²) in [4.78, 5) is 13.5. The van der Waals surface area contributed by atoms with Crippen LogP contribution in [-0.4, -0.2) is 18.5 Å². The average molecular weight is 439 g/mol. The van der Waals surface area contributed by atoms with Crippen molar-refractivity contribution in [3.05, 3.63) is 82.6 Å². The van der Waals surface area contributed by atoms with Crippen LogP contribution < -0.4 is 24.5 Å². The minimum absolute atomic E-state index is 0.102. The largest absolute Gasteiger partial charge is 0.493 e. The number of aryl methyl sites for hydroxylation is 1. The highest BCUT2D eigenvalue weighted by atomic mass is 16.7. The first-order valence-corrected chi connectivity index (χ1v) is 10.7. The van der Waals surface area contributed by atoms with Gasteiger partial charge in [-0.1, -0.05) is 42.5 Å². The lowest BCUT2D eigenvalue weighted by atomic mass is 10.00. The maximum absolute atomic E-state index is 13.5. The predicted octanol–water partition coefficient (Wildman–Crippen LogP) is 5.16. The molecule has 1 aliphatic heterocycles. The summed E-state index contributed by atoms with van der Waals surface area (Å²) in [5, 5.41) is 4.26. The van der Waals surface area contributed by atoms with Crippen molar-refractivity contribution in [1.29, 1.82) is 0 Å². The Morgan fingerprint density at radius 2 is 1.61 bits per heavy atom. The third kappa shape index (κ3) is 3.06. The Morgan fingerprint density at radius 3 is 2.39 bits per heavy atom.